The lowest BCUT2D eigenvalue weighted by Crippen LogP contribution is -2.51. The highest BCUT2D eigenvalue weighted by molar-refractivity contribution is 5.94. The fourth-order valence-corrected chi connectivity index (χ4v) is 3.70. The maximum atomic E-state index is 12.7. The molecule has 1 heterocycles. The van der Waals surface area contributed by atoms with E-state index in [9.17, 15) is 14.7 Å². The van der Waals surface area contributed by atoms with Gasteiger partial charge in [0.05, 0.1) is 18.6 Å². The van der Waals surface area contributed by atoms with E-state index in [1.165, 1.54) is 17.6 Å². The van der Waals surface area contributed by atoms with E-state index < -0.39 is 11.5 Å². The highest BCUT2D eigenvalue weighted by atomic mass is 16.3. The molecule has 0 spiro atoms. The number of nitrogens with zero attached hydrogens (tertiary/aromatic N) is 1. The molecule has 5 heteroatoms. The van der Waals surface area contributed by atoms with E-state index in [0.29, 0.717) is 24.9 Å². The summed E-state index contributed by atoms with van der Waals surface area (Å²) < 4.78 is 0. The topological polar surface area (TPSA) is 83.6 Å². The first-order valence-corrected chi connectivity index (χ1v) is 8.56. The molecule has 0 aromatic heterocycles. The summed E-state index contributed by atoms with van der Waals surface area (Å²) in [6.07, 6.45) is 6.73. The number of piperidine rings is 1. The van der Waals surface area contributed by atoms with Gasteiger partial charge in [0.15, 0.2) is 0 Å². The summed E-state index contributed by atoms with van der Waals surface area (Å²) in [5.41, 5.74) is 7.15. The van der Waals surface area contributed by atoms with Crippen LogP contribution < -0.4 is 5.73 Å². The van der Waals surface area contributed by atoms with Crippen LogP contribution in [-0.4, -0.2) is 40.5 Å². The Labute approximate surface area is 142 Å². The maximum Gasteiger partial charge on any atom is 0.253 e. The van der Waals surface area contributed by atoms with Crippen LogP contribution in [-0.2, 0) is 4.79 Å². The highest BCUT2D eigenvalue weighted by Crippen LogP contribution is 2.29. The van der Waals surface area contributed by atoms with Crippen molar-refractivity contribution in [3.8, 4) is 0 Å². The molecule has 2 amide bonds. The van der Waals surface area contributed by atoms with Crippen molar-refractivity contribution in [2.45, 2.75) is 44.1 Å². The van der Waals surface area contributed by atoms with Crippen molar-refractivity contribution in [2.24, 2.45) is 5.73 Å². The predicted octanol–water partition coefficient (Wildman–Crippen LogP) is 2.10. The molecule has 0 radical (unpaired) electrons. The van der Waals surface area contributed by atoms with Crippen LogP contribution in [0.2, 0.25) is 0 Å². The van der Waals surface area contributed by atoms with Crippen molar-refractivity contribution in [3.05, 3.63) is 41.5 Å². The van der Waals surface area contributed by atoms with Gasteiger partial charge in [-0.1, -0.05) is 18.2 Å². The summed E-state index contributed by atoms with van der Waals surface area (Å²) in [6, 6.07) is 7.67. The van der Waals surface area contributed by atoms with Crippen LogP contribution in [0.25, 0.3) is 5.57 Å². The highest BCUT2D eigenvalue weighted by Gasteiger charge is 2.36. The van der Waals surface area contributed by atoms with Gasteiger partial charge >= 0.3 is 0 Å². The van der Waals surface area contributed by atoms with Crippen LogP contribution >= 0.6 is 0 Å². The van der Waals surface area contributed by atoms with Crippen molar-refractivity contribution in [3.63, 3.8) is 0 Å². The summed E-state index contributed by atoms with van der Waals surface area (Å²) in [5, 5.41) is 10.5. The molecule has 0 bridgehead atoms. The molecule has 3 N–H and O–H groups in total. The minimum Gasteiger partial charge on any atom is -0.388 e. The Hall–Kier alpha value is -2.14. The van der Waals surface area contributed by atoms with Gasteiger partial charge in [0.25, 0.3) is 5.91 Å². The summed E-state index contributed by atoms with van der Waals surface area (Å²) in [6.45, 7) is 0.745. The van der Waals surface area contributed by atoms with E-state index >= 15 is 0 Å². The first kappa shape index (κ1) is 16.7. The lowest BCUT2D eigenvalue weighted by atomic mass is 9.89. The summed E-state index contributed by atoms with van der Waals surface area (Å²) in [7, 11) is 0. The first-order valence-electron chi connectivity index (χ1n) is 8.56. The third-order valence-electron chi connectivity index (χ3n) is 4.89. The Balaban J connectivity index is 1.70. The Morgan fingerprint density at radius 2 is 1.96 bits per heavy atom. The third-order valence-corrected chi connectivity index (χ3v) is 4.89. The number of hydrogen-bond acceptors (Lipinski definition) is 3. The molecule has 2 aliphatic rings. The lowest BCUT2D eigenvalue weighted by Gasteiger charge is -2.38. The van der Waals surface area contributed by atoms with Crippen molar-refractivity contribution in [2.75, 3.05) is 13.1 Å². The predicted molar refractivity (Wildman–Crippen MR) is 92.2 cm³/mol. The van der Waals surface area contributed by atoms with E-state index in [4.69, 9.17) is 5.73 Å². The molecule has 1 fully saturated rings. The standard InChI is InChI=1S/C19H24N2O3/c20-17(22)12-19(24)10-3-11-21(13-19)18(23)16-8-6-15(7-9-16)14-4-1-2-5-14/h4,6-9,24H,1-3,5,10-13H2,(H2,20,22). The number of aliphatic hydroxyl groups is 1. The molecule has 5 nitrogen and oxygen atoms in total. The van der Waals surface area contributed by atoms with E-state index in [1.54, 1.807) is 4.90 Å². The second kappa shape index (κ2) is 6.77. The maximum absolute atomic E-state index is 12.7. The van der Waals surface area contributed by atoms with Gasteiger partial charge in [0, 0.05) is 12.1 Å². The quantitative estimate of drug-likeness (QED) is 0.888. The van der Waals surface area contributed by atoms with E-state index in [2.05, 4.69) is 6.08 Å². The number of benzene rings is 1. The Morgan fingerprint density at radius 3 is 2.58 bits per heavy atom. The van der Waals surface area contributed by atoms with Gasteiger partial charge in [-0.2, -0.15) is 0 Å². The van der Waals surface area contributed by atoms with Crippen molar-refractivity contribution < 1.29 is 14.7 Å². The number of carbonyl (C=O) groups is 2. The van der Waals surface area contributed by atoms with Gasteiger partial charge < -0.3 is 15.7 Å². The molecule has 128 valence electrons. The molecule has 1 aromatic carbocycles. The molecule has 0 saturated carbocycles. The summed E-state index contributed by atoms with van der Waals surface area (Å²) >= 11 is 0. The smallest absolute Gasteiger partial charge is 0.253 e. The summed E-state index contributed by atoms with van der Waals surface area (Å²) in [5.74, 6) is -0.648. The van der Waals surface area contributed by atoms with Gasteiger partial charge in [-0.15, -0.1) is 0 Å². The minimum atomic E-state index is -1.20. The van der Waals surface area contributed by atoms with E-state index in [1.807, 2.05) is 24.3 Å². The van der Waals surface area contributed by atoms with E-state index in [-0.39, 0.29) is 18.9 Å². The number of amides is 2. The zero-order chi connectivity index (χ0) is 17.2. The first-order chi connectivity index (χ1) is 11.5. The molecule has 1 aliphatic heterocycles. The molecule has 1 unspecified atom stereocenters. The largest absolute Gasteiger partial charge is 0.388 e. The molecule has 1 atom stereocenters. The second-order valence-electron chi connectivity index (χ2n) is 6.90. The number of rotatable bonds is 4. The Kier molecular flexibility index (Phi) is 4.71. The number of nitrogens with two attached hydrogens (primary N) is 1. The lowest BCUT2D eigenvalue weighted by molar-refractivity contribution is -0.125. The molecule has 3 rings (SSSR count). The number of primary amides is 1. The Bertz CT molecular complexity index is 666. The van der Waals surface area contributed by atoms with Gasteiger partial charge in [0.2, 0.25) is 5.91 Å². The molecular weight excluding hydrogens is 304 g/mol. The van der Waals surface area contributed by atoms with Crippen molar-refractivity contribution in [1.29, 1.82) is 0 Å². The van der Waals surface area contributed by atoms with Crippen LogP contribution in [0.3, 0.4) is 0 Å². The second-order valence-corrected chi connectivity index (χ2v) is 6.90. The van der Waals surface area contributed by atoms with Gasteiger partial charge in [-0.25, -0.2) is 0 Å². The fourth-order valence-electron chi connectivity index (χ4n) is 3.70. The van der Waals surface area contributed by atoms with Crippen LogP contribution in [0.5, 0.6) is 0 Å². The minimum absolute atomic E-state index is 0.107. The zero-order valence-electron chi connectivity index (χ0n) is 13.8. The van der Waals surface area contributed by atoms with Crippen LogP contribution in [0, 0.1) is 0 Å². The molecule has 1 saturated heterocycles. The normalized spacial score (nSPS) is 23.9. The third kappa shape index (κ3) is 3.67. The number of hydrogen-bond donors (Lipinski definition) is 2. The molecule has 1 aliphatic carbocycles. The van der Waals surface area contributed by atoms with Gasteiger partial charge in [0.1, 0.15) is 0 Å². The number of allylic oxidation sites excluding steroid dienone is 2. The van der Waals surface area contributed by atoms with Gasteiger partial charge in [-0.3, -0.25) is 9.59 Å². The molecule has 24 heavy (non-hydrogen) atoms. The van der Waals surface area contributed by atoms with Crippen molar-refractivity contribution >= 4 is 17.4 Å². The average molecular weight is 328 g/mol. The monoisotopic (exact) mass is 328 g/mol. The Morgan fingerprint density at radius 1 is 1.21 bits per heavy atom. The zero-order valence-corrected chi connectivity index (χ0v) is 13.8. The SMILES string of the molecule is NC(=O)CC1(O)CCCN(C(=O)c2ccc(C3=CCCC3)cc2)C1. The molecular formula is C19H24N2O3. The van der Waals surface area contributed by atoms with Crippen molar-refractivity contribution in [1.82, 2.24) is 4.90 Å². The number of carbonyl (C=O) groups excluding carboxylic acids is 2. The van der Waals surface area contributed by atoms with Crippen LogP contribution in [0.4, 0.5) is 0 Å². The number of likely N-dealkylation sites (tertiary alicyclic amines) is 1. The fraction of sp³-hybridized carbons (Fsp3) is 0.474. The van der Waals surface area contributed by atoms with Crippen LogP contribution in [0.15, 0.2) is 30.3 Å². The number of β-amino-alcohol motifs (C(OH)–C–C–N with tert-alkyl or cyclic N) is 1. The van der Waals surface area contributed by atoms with Crippen LogP contribution in [0.1, 0.15) is 54.4 Å². The summed E-state index contributed by atoms with van der Waals surface area (Å²) in [4.78, 5) is 25.4. The van der Waals surface area contributed by atoms with E-state index in [0.717, 1.165) is 12.8 Å². The van der Waals surface area contributed by atoms with Gasteiger partial charge in [-0.05, 0) is 55.4 Å². The average Bonchev–Trinajstić information content (AvgIpc) is 3.07. The molecule has 1 aromatic rings.